The van der Waals surface area contributed by atoms with Gasteiger partial charge in [-0.15, -0.1) is 11.8 Å². The summed E-state index contributed by atoms with van der Waals surface area (Å²) >= 11 is 1.77. The number of hydrogen-bond acceptors (Lipinski definition) is 3. The van der Waals surface area contributed by atoms with Gasteiger partial charge in [0.05, 0.1) is 13.2 Å². The second-order valence-corrected chi connectivity index (χ2v) is 5.43. The lowest BCUT2D eigenvalue weighted by molar-refractivity contribution is 0.414. The van der Waals surface area contributed by atoms with Gasteiger partial charge in [0.15, 0.2) is 0 Å². The van der Waals surface area contributed by atoms with E-state index in [-0.39, 0.29) is 0 Å². The van der Waals surface area contributed by atoms with Crippen LogP contribution in [0.2, 0.25) is 0 Å². The Morgan fingerprint density at radius 3 is 2.40 bits per heavy atom. The minimum atomic E-state index is 0.314. The fourth-order valence-electron chi connectivity index (χ4n) is 2.21. The minimum absolute atomic E-state index is 0.314. The lowest BCUT2D eigenvalue weighted by atomic mass is 10.0. The van der Waals surface area contributed by atoms with E-state index in [4.69, 9.17) is 4.74 Å². The Kier molecular flexibility index (Phi) is 5.36. The number of hydrogen-bond donors (Lipinski definition) is 1. The molecular formula is C17H21NOS. The molecule has 106 valence electrons. The van der Waals surface area contributed by atoms with Crippen molar-refractivity contribution in [3.8, 4) is 5.75 Å². The van der Waals surface area contributed by atoms with Crippen molar-refractivity contribution in [2.45, 2.75) is 24.3 Å². The van der Waals surface area contributed by atoms with E-state index in [2.05, 4.69) is 54.9 Å². The van der Waals surface area contributed by atoms with Gasteiger partial charge in [0, 0.05) is 10.6 Å². The maximum Gasteiger partial charge on any atom is 0.118 e. The van der Waals surface area contributed by atoms with Crippen LogP contribution in [0.1, 0.15) is 24.9 Å². The van der Waals surface area contributed by atoms with Gasteiger partial charge in [-0.05, 0) is 42.5 Å². The monoisotopic (exact) mass is 287 g/mol. The van der Waals surface area contributed by atoms with E-state index < -0.39 is 0 Å². The molecule has 2 aromatic rings. The summed E-state index contributed by atoms with van der Waals surface area (Å²) in [7, 11) is 1.69. The van der Waals surface area contributed by atoms with Crippen LogP contribution in [-0.2, 0) is 0 Å². The summed E-state index contributed by atoms with van der Waals surface area (Å²) in [5.74, 6) is 0.896. The Morgan fingerprint density at radius 2 is 1.80 bits per heavy atom. The molecule has 0 heterocycles. The zero-order valence-corrected chi connectivity index (χ0v) is 13.0. The first kappa shape index (κ1) is 14.8. The molecule has 0 aliphatic carbocycles. The number of ether oxygens (including phenoxy) is 1. The standard InChI is InChI=1S/C17H21NOS/c1-4-15(13-9-11-14(19-2)12-10-13)18-16-7-5-6-8-17(16)20-3/h5-12,15,18H,4H2,1-3H3. The maximum atomic E-state index is 5.21. The second-order valence-electron chi connectivity index (χ2n) is 4.58. The number of thioether (sulfide) groups is 1. The van der Waals surface area contributed by atoms with Crippen molar-refractivity contribution in [3.05, 3.63) is 54.1 Å². The summed E-state index contributed by atoms with van der Waals surface area (Å²) in [4.78, 5) is 1.28. The fraction of sp³-hybridized carbons (Fsp3) is 0.294. The van der Waals surface area contributed by atoms with Crippen LogP contribution in [0.5, 0.6) is 5.75 Å². The predicted octanol–water partition coefficient (Wildman–Crippen LogP) is 4.98. The van der Waals surface area contributed by atoms with Crippen LogP contribution < -0.4 is 10.1 Å². The molecule has 0 aromatic heterocycles. The van der Waals surface area contributed by atoms with Crippen molar-refractivity contribution in [1.82, 2.24) is 0 Å². The Hall–Kier alpha value is -1.61. The highest BCUT2D eigenvalue weighted by Gasteiger charge is 2.11. The molecule has 0 bridgehead atoms. The number of anilines is 1. The van der Waals surface area contributed by atoms with Gasteiger partial charge in [-0.2, -0.15) is 0 Å². The quantitative estimate of drug-likeness (QED) is 0.757. The van der Waals surface area contributed by atoms with Crippen LogP contribution in [0.15, 0.2) is 53.4 Å². The van der Waals surface area contributed by atoms with Gasteiger partial charge >= 0.3 is 0 Å². The zero-order valence-electron chi connectivity index (χ0n) is 12.2. The van der Waals surface area contributed by atoms with Gasteiger partial charge in [-0.3, -0.25) is 0 Å². The van der Waals surface area contributed by atoms with Gasteiger partial charge in [0.1, 0.15) is 5.75 Å². The highest BCUT2D eigenvalue weighted by molar-refractivity contribution is 7.98. The van der Waals surface area contributed by atoms with E-state index in [1.54, 1.807) is 18.9 Å². The van der Waals surface area contributed by atoms with Crippen molar-refractivity contribution in [2.75, 3.05) is 18.7 Å². The van der Waals surface area contributed by atoms with Crippen molar-refractivity contribution in [3.63, 3.8) is 0 Å². The highest BCUT2D eigenvalue weighted by Crippen LogP contribution is 2.30. The molecule has 0 amide bonds. The number of nitrogens with one attached hydrogen (secondary N) is 1. The lowest BCUT2D eigenvalue weighted by Gasteiger charge is -2.20. The molecule has 2 aromatic carbocycles. The summed E-state index contributed by atoms with van der Waals surface area (Å²) in [6.45, 7) is 2.20. The molecule has 1 unspecified atom stereocenters. The predicted molar refractivity (Wildman–Crippen MR) is 87.9 cm³/mol. The molecule has 0 spiro atoms. The molecule has 1 atom stereocenters. The second kappa shape index (κ2) is 7.25. The molecule has 0 saturated carbocycles. The Morgan fingerprint density at radius 1 is 1.10 bits per heavy atom. The smallest absolute Gasteiger partial charge is 0.118 e. The van der Waals surface area contributed by atoms with Crippen LogP contribution in [0.4, 0.5) is 5.69 Å². The molecule has 0 radical (unpaired) electrons. The topological polar surface area (TPSA) is 21.3 Å². The molecule has 0 aliphatic heterocycles. The van der Waals surface area contributed by atoms with Crippen molar-refractivity contribution in [1.29, 1.82) is 0 Å². The van der Waals surface area contributed by atoms with Gasteiger partial charge in [-0.25, -0.2) is 0 Å². The van der Waals surface area contributed by atoms with Crippen LogP contribution in [0.25, 0.3) is 0 Å². The molecule has 2 rings (SSSR count). The maximum absolute atomic E-state index is 5.21. The zero-order chi connectivity index (χ0) is 14.4. The highest BCUT2D eigenvalue weighted by atomic mass is 32.2. The number of benzene rings is 2. The Labute approximate surface area is 125 Å². The summed E-state index contributed by atoms with van der Waals surface area (Å²) in [6.07, 6.45) is 3.14. The summed E-state index contributed by atoms with van der Waals surface area (Å²) in [5.41, 5.74) is 2.48. The summed E-state index contributed by atoms with van der Waals surface area (Å²) < 4.78 is 5.21. The molecule has 1 N–H and O–H groups in total. The first-order chi connectivity index (χ1) is 9.78. The Balaban J connectivity index is 2.19. The lowest BCUT2D eigenvalue weighted by Crippen LogP contribution is -2.10. The molecular weight excluding hydrogens is 266 g/mol. The van der Waals surface area contributed by atoms with Gasteiger partial charge in [0.2, 0.25) is 0 Å². The first-order valence-electron chi connectivity index (χ1n) is 6.82. The van der Waals surface area contributed by atoms with E-state index in [1.807, 2.05) is 12.1 Å². The van der Waals surface area contributed by atoms with E-state index >= 15 is 0 Å². The molecule has 0 fully saturated rings. The third-order valence-corrected chi connectivity index (χ3v) is 4.16. The Bertz CT molecular complexity index is 539. The van der Waals surface area contributed by atoms with Gasteiger partial charge < -0.3 is 10.1 Å². The van der Waals surface area contributed by atoms with Crippen molar-refractivity contribution < 1.29 is 4.74 Å². The number of methoxy groups -OCH3 is 1. The van der Waals surface area contributed by atoms with Gasteiger partial charge in [0.25, 0.3) is 0 Å². The van der Waals surface area contributed by atoms with Crippen molar-refractivity contribution >= 4 is 17.4 Å². The minimum Gasteiger partial charge on any atom is -0.497 e. The van der Waals surface area contributed by atoms with E-state index in [9.17, 15) is 0 Å². The van der Waals surface area contributed by atoms with E-state index in [1.165, 1.54) is 16.1 Å². The molecule has 20 heavy (non-hydrogen) atoms. The van der Waals surface area contributed by atoms with Crippen LogP contribution >= 0.6 is 11.8 Å². The first-order valence-corrected chi connectivity index (χ1v) is 8.04. The van der Waals surface area contributed by atoms with Crippen LogP contribution in [-0.4, -0.2) is 13.4 Å². The third-order valence-electron chi connectivity index (χ3n) is 3.36. The normalized spacial score (nSPS) is 11.9. The molecule has 0 aliphatic rings. The van der Waals surface area contributed by atoms with Crippen molar-refractivity contribution in [2.24, 2.45) is 0 Å². The van der Waals surface area contributed by atoms with E-state index in [0.29, 0.717) is 6.04 Å². The average molecular weight is 287 g/mol. The summed E-state index contributed by atoms with van der Waals surface area (Å²) in [6, 6.07) is 17.0. The number of rotatable bonds is 6. The van der Waals surface area contributed by atoms with Gasteiger partial charge in [-0.1, -0.05) is 31.2 Å². The largest absolute Gasteiger partial charge is 0.497 e. The van der Waals surface area contributed by atoms with Crippen LogP contribution in [0.3, 0.4) is 0 Å². The van der Waals surface area contributed by atoms with E-state index in [0.717, 1.165) is 12.2 Å². The number of para-hydroxylation sites is 1. The third kappa shape index (κ3) is 3.48. The summed E-state index contributed by atoms with van der Waals surface area (Å²) in [5, 5.41) is 3.64. The fourth-order valence-corrected chi connectivity index (χ4v) is 2.77. The molecule has 2 nitrogen and oxygen atoms in total. The van der Waals surface area contributed by atoms with Crippen LogP contribution in [0, 0.1) is 0 Å². The SMILES string of the molecule is CCC(Nc1ccccc1SC)c1ccc(OC)cc1. The molecule has 0 saturated heterocycles. The average Bonchev–Trinajstić information content (AvgIpc) is 2.53. The molecule has 3 heteroatoms.